The Morgan fingerprint density at radius 1 is 1.03 bits per heavy atom. The number of benzene rings is 2. The maximum absolute atomic E-state index is 13.0. The van der Waals surface area contributed by atoms with Crippen LogP contribution in [-0.4, -0.2) is 41.4 Å². The van der Waals surface area contributed by atoms with Crippen LogP contribution < -0.4 is 10.2 Å². The number of carbonyl (C=O) groups is 3. The van der Waals surface area contributed by atoms with Crippen LogP contribution in [0.2, 0.25) is 0 Å². The Labute approximate surface area is 174 Å². The van der Waals surface area contributed by atoms with Crippen molar-refractivity contribution in [2.75, 3.05) is 16.8 Å². The first kappa shape index (κ1) is 19.8. The highest BCUT2D eigenvalue weighted by Crippen LogP contribution is 2.32. The Balaban J connectivity index is 1.47. The van der Waals surface area contributed by atoms with Gasteiger partial charge in [-0.15, -0.1) is 0 Å². The molecule has 0 bridgehead atoms. The predicted molar refractivity (Wildman–Crippen MR) is 112 cm³/mol. The standard InChI is InChI=1S/C22H23N5O3/c1-13(2)15-6-10-17(11-7-15)27-21(29)19-20(22(27)30)26(25-24-19)12-18(28)23-16-8-4-14(3)5-9-16/h4-11,13,19-20H,12H2,1-3H3,(H,23,28). The van der Waals surface area contributed by atoms with E-state index in [0.717, 1.165) is 16.0 Å². The molecule has 2 heterocycles. The minimum Gasteiger partial charge on any atom is -0.324 e. The van der Waals surface area contributed by atoms with Crippen LogP contribution in [0, 0.1) is 6.92 Å². The first-order valence-electron chi connectivity index (χ1n) is 9.87. The van der Waals surface area contributed by atoms with Gasteiger partial charge in [-0.25, -0.2) is 4.90 Å². The van der Waals surface area contributed by atoms with E-state index in [4.69, 9.17) is 0 Å². The van der Waals surface area contributed by atoms with Crippen molar-refractivity contribution in [3.63, 3.8) is 0 Å². The minimum absolute atomic E-state index is 0.169. The number of amides is 3. The highest BCUT2D eigenvalue weighted by atomic mass is 16.2. The van der Waals surface area contributed by atoms with Gasteiger partial charge < -0.3 is 5.32 Å². The van der Waals surface area contributed by atoms with E-state index in [-0.39, 0.29) is 12.5 Å². The SMILES string of the molecule is Cc1ccc(NC(=O)CN2N=NC3C(=O)N(c4ccc(C(C)C)cc4)C(=O)C32)cc1. The van der Waals surface area contributed by atoms with E-state index in [1.165, 1.54) is 5.01 Å². The van der Waals surface area contributed by atoms with Crippen molar-refractivity contribution >= 4 is 29.1 Å². The van der Waals surface area contributed by atoms with Crippen LogP contribution in [0.25, 0.3) is 0 Å². The second-order valence-electron chi connectivity index (χ2n) is 7.86. The van der Waals surface area contributed by atoms with Gasteiger partial charge in [-0.3, -0.25) is 19.4 Å². The number of hydrogen-bond acceptors (Lipinski definition) is 6. The van der Waals surface area contributed by atoms with Gasteiger partial charge in [-0.2, -0.15) is 5.11 Å². The van der Waals surface area contributed by atoms with Gasteiger partial charge >= 0.3 is 0 Å². The van der Waals surface area contributed by atoms with Crippen LogP contribution in [-0.2, 0) is 14.4 Å². The summed E-state index contributed by atoms with van der Waals surface area (Å²) in [6, 6.07) is 12.9. The Morgan fingerprint density at radius 3 is 2.33 bits per heavy atom. The van der Waals surface area contributed by atoms with Crippen molar-refractivity contribution < 1.29 is 14.4 Å². The smallest absolute Gasteiger partial charge is 0.263 e. The summed E-state index contributed by atoms with van der Waals surface area (Å²) in [7, 11) is 0. The van der Waals surface area contributed by atoms with E-state index >= 15 is 0 Å². The fourth-order valence-electron chi connectivity index (χ4n) is 3.60. The number of rotatable bonds is 5. The molecule has 8 nitrogen and oxygen atoms in total. The molecule has 8 heteroatoms. The van der Waals surface area contributed by atoms with Gasteiger partial charge in [0.15, 0.2) is 12.1 Å². The molecular formula is C22H23N5O3. The molecule has 2 atom stereocenters. The number of nitrogens with zero attached hydrogens (tertiary/aromatic N) is 4. The first-order chi connectivity index (χ1) is 14.3. The number of hydrogen-bond donors (Lipinski definition) is 1. The highest BCUT2D eigenvalue weighted by Gasteiger charge is 2.55. The second kappa shape index (κ2) is 7.70. The largest absolute Gasteiger partial charge is 0.324 e. The van der Waals surface area contributed by atoms with Gasteiger partial charge in [0, 0.05) is 5.69 Å². The normalized spacial score (nSPS) is 20.3. The molecule has 4 rings (SSSR count). The fraction of sp³-hybridized carbons (Fsp3) is 0.318. The van der Waals surface area contributed by atoms with Crippen molar-refractivity contribution in [1.82, 2.24) is 5.01 Å². The van der Waals surface area contributed by atoms with Gasteiger partial charge in [0.1, 0.15) is 6.54 Å². The van der Waals surface area contributed by atoms with Crippen molar-refractivity contribution in [3.05, 3.63) is 59.7 Å². The molecule has 0 saturated carbocycles. The summed E-state index contributed by atoms with van der Waals surface area (Å²) in [5.41, 5.74) is 3.36. The third kappa shape index (κ3) is 3.56. The fourth-order valence-corrected chi connectivity index (χ4v) is 3.60. The van der Waals surface area contributed by atoms with Crippen molar-refractivity contribution in [2.24, 2.45) is 10.3 Å². The van der Waals surface area contributed by atoms with Crippen molar-refractivity contribution in [2.45, 2.75) is 38.8 Å². The summed E-state index contributed by atoms with van der Waals surface area (Å²) in [6.45, 7) is 5.94. The molecule has 30 heavy (non-hydrogen) atoms. The molecule has 0 aromatic heterocycles. The summed E-state index contributed by atoms with van der Waals surface area (Å²) in [5.74, 6) is -0.832. The molecule has 0 aliphatic carbocycles. The van der Waals surface area contributed by atoms with E-state index in [9.17, 15) is 14.4 Å². The van der Waals surface area contributed by atoms with Gasteiger partial charge in [0.25, 0.3) is 11.8 Å². The lowest BCUT2D eigenvalue weighted by Crippen LogP contribution is -2.43. The van der Waals surface area contributed by atoms with Crippen LogP contribution in [0.4, 0.5) is 11.4 Å². The number of fused-ring (bicyclic) bond motifs is 1. The van der Waals surface area contributed by atoms with Crippen molar-refractivity contribution in [1.29, 1.82) is 0 Å². The maximum atomic E-state index is 13.0. The summed E-state index contributed by atoms with van der Waals surface area (Å²) in [5, 5.41) is 11.9. The first-order valence-corrected chi connectivity index (χ1v) is 9.87. The van der Waals surface area contributed by atoms with Gasteiger partial charge in [0.05, 0.1) is 5.69 Å². The lowest BCUT2D eigenvalue weighted by atomic mass is 10.0. The van der Waals surface area contributed by atoms with Crippen molar-refractivity contribution in [3.8, 4) is 0 Å². The van der Waals surface area contributed by atoms with Gasteiger partial charge in [0.2, 0.25) is 5.91 Å². The second-order valence-corrected chi connectivity index (χ2v) is 7.86. The number of imide groups is 1. The van der Waals surface area contributed by atoms with Gasteiger partial charge in [-0.1, -0.05) is 48.9 Å². The zero-order valence-electron chi connectivity index (χ0n) is 17.1. The molecule has 154 valence electrons. The van der Waals surface area contributed by atoms with E-state index in [2.05, 4.69) is 29.5 Å². The summed E-state index contributed by atoms with van der Waals surface area (Å²) < 4.78 is 0. The molecule has 2 aliphatic heterocycles. The van der Waals surface area contributed by atoms with Gasteiger partial charge in [-0.05, 0) is 42.7 Å². The molecule has 2 aromatic rings. The lowest BCUT2D eigenvalue weighted by Gasteiger charge is -2.20. The molecule has 1 fully saturated rings. The molecule has 2 unspecified atom stereocenters. The Morgan fingerprint density at radius 2 is 1.70 bits per heavy atom. The maximum Gasteiger partial charge on any atom is 0.263 e. The zero-order valence-corrected chi connectivity index (χ0v) is 17.1. The number of aryl methyl sites for hydroxylation is 1. The molecule has 1 N–H and O–H groups in total. The van der Waals surface area contributed by atoms with Crippen LogP contribution >= 0.6 is 0 Å². The summed E-state index contributed by atoms with van der Waals surface area (Å²) >= 11 is 0. The third-order valence-electron chi connectivity index (χ3n) is 5.32. The van der Waals surface area contributed by atoms with Crippen LogP contribution in [0.1, 0.15) is 30.9 Å². The van der Waals surface area contributed by atoms with E-state index in [0.29, 0.717) is 17.3 Å². The summed E-state index contributed by atoms with van der Waals surface area (Å²) in [6.07, 6.45) is 0. The topological polar surface area (TPSA) is 94.4 Å². The van der Waals surface area contributed by atoms with Crippen LogP contribution in [0.5, 0.6) is 0 Å². The molecule has 0 spiro atoms. The molecule has 2 aliphatic rings. The highest BCUT2D eigenvalue weighted by molar-refractivity contribution is 6.25. The lowest BCUT2D eigenvalue weighted by molar-refractivity contribution is -0.123. The quantitative estimate of drug-likeness (QED) is 0.774. The molecule has 1 saturated heterocycles. The average Bonchev–Trinajstić information content (AvgIpc) is 3.23. The molecule has 3 amide bonds. The average molecular weight is 405 g/mol. The Hall–Kier alpha value is -3.55. The van der Waals surface area contributed by atoms with Crippen LogP contribution in [0.15, 0.2) is 58.9 Å². The Bertz CT molecular complexity index is 1010. The zero-order chi connectivity index (χ0) is 21.4. The Kier molecular flexibility index (Phi) is 5.07. The molecular weight excluding hydrogens is 382 g/mol. The number of carbonyl (C=O) groups excluding carboxylic acids is 3. The molecule has 0 radical (unpaired) electrons. The number of nitrogens with one attached hydrogen (secondary N) is 1. The van der Waals surface area contributed by atoms with E-state index in [1.807, 2.05) is 31.2 Å². The van der Waals surface area contributed by atoms with E-state index in [1.54, 1.807) is 24.3 Å². The number of anilines is 2. The predicted octanol–water partition coefficient (Wildman–Crippen LogP) is 3.05. The van der Waals surface area contributed by atoms with Crippen LogP contribution in [0.3, 0.4) is 0 Å². The van der Waals surface area contributed by atoms with E-state index < -0.39 is 23.9 Å². The third-order valence-corrected chi connectivity index (χ3v) is 5.32. The summed E-state index contributed by atoms with van der Waals surface area (Å²) in [4.78, 5) is 39.4. The minimum atomic E-state index is -0.922. The monoisotopic (exact) mass is 405 g/mol. The molecule has 2 aromatic carbocycles.